The van der Waals surface area contributed by atoms with Crippen molar-refractivity contribution in [3.05, 3.63) is 36.2 Å². The Morgan fingerprint density at radius 2 is 2.04 bits per heavy atom. The van der Waals surface area contributed by atoms with Crippen LogP contribution in [0, 0.1) is 5.92 Å². The Bertz CT molecular complexity index is 765. The Hall–Kier alpha value is -2.10. The van der Waals surface area contributed by atoms with Crippen molar-refractivity contribution >= 4 is 22.3 Å². The SMILES string of the molecule is CC1C=CC(c2n[nH]c3ccnc(N(C)C4CCCCC4)c23)=C1. The molecule has 23 heavy (non-hydrogen) atoms. The third-order valence-corrected chi connectivity index (χ3v) is 5.21. The molecule has 0 spiro atoms. The van der Waals surface area contributed by atoms with Crippen LogP contribution >= 0.6 is 0 Å². The molecule has 0 radical (unpaired) electrons. The lowest BCUT2D eigenvalue weighted by Gasteiger charge is -2.32. The van der Waals surface area contributed by atoms with Gasteiger partial charge in [0.25, 0.3) is 0 Å². The maximum absolute atomic E-state index is 4.72. The fourth-order valence-corrected chi connectivity index (χ4v) is 3.87. The molecule has 2 heterocycles. The quantitative estimate of drug-likeness (QED) is 0.918. The predicted molar refractivity (Wildman–Crippen MR) is 95.4 cm³/mol. The fraction of sp³-hybridized carbons (Fsp3) is 0.474. The smallest absolute Gasteiger partial charge is 0.140 e. The number of allylic oxidation sites excluding steroid dienone is 4. The molecule has 1 unspecified atom stereocenters. The molecule has 2 aliphatic carbocycles. The molecule has 0 amide bonds. The normalized spacial score (nSPS) is 21.8. The first-order valence-electron chi connectivity index (χ1n) is 8.70. The van der Waals surface area contributed by atoms with E-state index in [1.807, 2.05) is 12.3 Å². The number of anilines is 1. The fourth-order valence-electron chi connectivity index (χ4n) is 3.87. The van der Waals surface area contributed by atoms with E-state index in [0.29, 0.717) is 12.0 Å². The van der Waals surface area contributed by atoms with E-state index < -0.39 is 0 Å². The number of rotatable bonds is 3. The van der Waals surface area contributed by atoms with Gasteiger partial charge in [-0.05, 0) is 30.4 Å². The average molecular weight is 308 g/mol. The van der Waals surface area contributed by atoms with Crippen LogP contribution in [0.5, 0.6) is 0 Å². The number of aromatic amines is 1. The summed E-state index contributed by atoms with van der Waals surface area (Å²) in [4.78, 5) is 7.10. The Kier molecular flexibility index (Phi) is 3.68. The highest BCUT2D eigenvalue weighted by Crippen LogP contribution is 2.35. The second-order valence-corrected chi connectivity index (χ2v) is 6.87. The summed E-state index contributed by atoms with van der Waals surface area (Å²) in [6.45, 7) is 2.20. The molecular weight excluding hydrogens is 284 g/mol. The minimum absolute atomic E-state index is 0.480. The van der Waals surface area contributed by atoms with Crippen LogP contribution < -0.4 is 4.90 Å². The minimum atomic E-state index is 0.480. The van der Waals surface area contributed by atoms with Gasteiger partial charge in [-0.25, -0.2) is 4.98 Å². The van der Waals surface area contributed by atoms with E-state index in [0.717, 1.165) is 22.4 Å². The predicted octanol–water partition coefficient (Wildman–Crippen LogP) is 4.32. The summed E-state index contributed by atoms with van der Waals surface area (Å²) in [5.74, 6) is 1.54. The van der Waals surface area contributed by atoms with E-state index in [1.54, 1.807) is 0 Å². The number of H-pyrrole nitrogens is 1. The second-order valence-electron chi connectivity index (χ2n) is 6.87. The molecule has 4 heteroatoms. The monoisotopic (exact) mass is 308 g/mol. The Labute approximate surface area is 137 Å². The number of hydrogen-bond acceptors (Lipinski definition) is 3. The van der Waals surface area contributed by atoms with Crippen molar-refractivity contribution < 1.29 is 0 Å². The first kappa shape index (κ1) is 14.5. The van der Waals surface area contributed by atoms with Crippen molar-refractivity contribution in [1.29, 1.82) is 0 Å². The van der Waals surface area contributed by atoms with E-state index in [9.17, 15) is 0 Å². The van der Waals surface area contributed by atoms with Gasteiger partial charge in [0.2, 0.25) is 0 Å². The largest absolute Gasteiger partial charge is 0.356 e. The second kappa shape index (κ2) is 5.84. The Balaban J connectivity index is 1.79. The van der Waals surface area contributed by atoms with Crippen LogP contribution in [0.1, 0.15) is 44.7 Å². The van der Waals surface area contributed by atoms with E-state index >= 15 is 0 Å². The highest BCUT2D eigenvalue weighted by molar-refractivity contribution is 6.00. The molecule has 2 aliphatic rings. The van der Waals surface area contributed by atoms with Crippen molar-refractivity contribution in [3.63, 3.8) is 0 Å². The van der Waals surface area contributed by atoms with Gasteiger partial charge in [0.15, 0.2) is 0 Å². The van der Waals surface area contributed by atoms with Crippen LogP contribution in [-0.2, 0) is 0 Å². The molecule has 2 aromatic heterocycles. The van der Waals surface area contributed by atoms with E-state index in [-0.39, 0.29) is 0 Å². The zero-order valence-corrected chi connectivity index (χ0v) is 13.9. The summed E-state index contributed by atoms with van der Waals surface area (Å²) in [6.07, 6.45) is 15.1. The lowest BCUT2D eigenvalue weighted by Crippen LogP contribution is -2.34. The molecule has 1 fully saturated rings. The summed E-state index contributed by atoms with van der Waals surface area (Å²) < 4.78 is 0. The molecule has 4 nitrogen and oxygen atoms in total. The molecular formula is C19H24N4. The first-order chi connectivity index (χ1) is 11.2. The van der Waals surface area contributed by atoms with E-state index in [2.05, 4.69) is 47.3 Å². The van der Waals surface area contributed by atoms with Gasteiger partial charge in [-0.3, -0.25) is 5.10 Å². The van der Waals surface area contributed by atoms with Gasteiger partial charge in [-0.1, -0.05) is 44.4 Å². The van der Waals surface area contributed by atoms with E-state index in [4.69, 9.17) is 4.98 Å². The maximum atomic E-state index is 4.72. The van der Waals surface area contributed by atoms with Crippen molar-refractivity contribution in [2.75, 3.05) is 11.9 Å². The topological polar surface area (TPSA) is 44.8 Å². The highest BCUT2D eigenvalue weighted by atomic mass is 15.2. The van der Waals surface area contributed by atoms with Crippen molar-refractivity contribution in [1.82, 2.24) is 15.2 Å². The van der Waals surface area contributed by atoms with Crippen LogP contribution in [0.2, 0.25) is 0 Å². The number of nitrogens with one attached hydrogen (secondary N) is 1. The standard InChI is InChI=1S/C19H24N4/c1-13-8-9-14(12-13)18-17-16(21-22-18)10-11-20-19(17)23(2)15-6-4-3-5-7-15/h8-13,15H,3-7H2,1-2H3,(H,21,22). The van der Waals surface area contributed by atoms with Gasteiger partial charge >= 0.3 is 0 Å². The molecule has 1 atom stereocenters. The number of hydrogen-bond donors (Lipinski definition) is 1. The lowest BCUT2D eigenvalue weighted by atomic mass is 9.94. The van der Waals surface area contributed by atoms with Crippen LogP contribution in [0.25, 0.3) is 16.5 Å². The summed E-state index contributed by atoms with van der Waals surface area (Å²) in [5, 5.41) is 8.93. The number of nitrogens with zero attached hydrogens (tertiary/aromatic N) is 3. The highest BCUT2D eigenvalue weighted by Gasteiger charge is 2.23. The van der Waals surface area contributed by atoms with Gasteiger partial charge in [0, 0.05) is 19.3 Å². The Morgan fingerprint density at radius 1 is 1.22 bits per heavy atom. The van der Waals surface area contributed by atoms with Crippen LogP contribution in [0.3, 0.4) is 0 Å². The summed E-state index contributed by atoms with van der Waals surface area (Å²) in [6, 6.07) is 2.61. The molecule has 120 valence electrons. The van der Waals surface area contributed by atoms with Crippen molar-refractivity contribution in [3.8, 4) is 0 Å². The lowest BCUT2D eigenvalue weighted by molar-refractivity contribution is 0.426. The first-order valence-corrected chi connectivity index (χ1v) is 8.70. The third-order valence-electron chi connectivity index (χ3n) is 5.21. The molecule has 0 bridgehead atoms. The zero-order valence-electron chi connectivity index (χ0n) is 13.9. The van der Waals surface area contributed by atoms with Gasteiger partial charge in [-0.2, -0.15) is 5.10 Å². The summed E-state index contributed by atoms with van der Waals surface area (Å²) in [5.41, 5.74) is 3.31. The molecule has 4 rings (SSSR count). The average Bonchev–Trinajstić information content (AvgIpc) is 3.20. The van der Waals surface area contributed by atoms with Crippen LogP contribution in [0.4, 0.5) is 5.82 Å². The zero-order chi connectivity index (χ0) is 15.8. The molecule has 1 N–H and O–H groups in total. The summed E-state index contributed by atoms with van der Waals surface area (Å²) >= 11 is 0. The molecule has 0 aromatic carbocycles. The van der Waals surface area contributed by atoms with Crippen LogP contribution in [-0.4, -0.2) is 28.3 Å². The third kappa shape index (κ3) is 2.56. The van der Waals surface area contributed by atoms with Gasteiger partial charge in [0.1, 0.15) is 11.5 Å². The molecule has 0 saturated heterocycles. The van der Waals surface area contributed by atoms with Crippen molar-refractivity contribution in [2.45, 2.75) is 45.1 Å². The summed E-state index contributed by atoms with van der Waals surface area (Å²) in [7, 11) is 2.19. The molecule has 1 saturated carbocycles. The van der Waals surface area contributed by atoms with Crippen molar-refractivity contribution in [2.24, 2.45) is 5.92 Å². The number of fused-ring (bicyclic) bond motifs is 1. The van der Waals surface area contributed by atoms with Gasteiger partial charge in [-0.15, -0.1) is 0 Å². The molecule has 2 aromatic rings. The minimum Gasteiger partial charge on any atom is -0.356 e. The Morgan fingerprint density at radius 3 is 2.78 bits per heavy atom. The maximum Gasteiger partial charge on any atom is 0.140 e. The van der Waals surface area contributed by atoms with Gasteiger partial charge < -0.3 is 4.90 Å². The van der Waals surface area contributed by atoms with Gasteiger partial charge in [0.05, 0.1) is 10.9 Å². The number of aromatic nitrogens is 3. The van der Waals surface area contributed by atoms with Crippen LogP contribution in [0.15, 0.2) is 30.5 Å². The molecule has 0 aliphatic heterocycles. The van der Waals surface area contributed by atoms with E-state index in [1.165, 1.54) is 37.7 Å². The number of pyridine rings is 1.